The van der Waals surface area contributed by atoms with Gasteiger partial charge in [0, 0.05) is 12.0 Å². The zero-order valence-electron chi connectivity index (χ0n) is 19.4. The molecule has 2 aromatic carbocycles. The Morgan fingerprint density at radius 2 is 1.79 bits per heavy atom. The molecular formula is C26H29N7O. The lowest BCUT2D eigenvalue weighted by atomic mass is 9.96. The lowest BCUT2D eigenvalue weighted by molar-refractivity contribution is 0.320. The highest BCUT2D eigenvalue weighted by Crippen LogP contribution is 2.30. The molecule has 1 fully saturated rings. The number of aromatic nitrogens is 7. The molecule has 2 aromatic heterocycles. The predicted molar refractivity (Wildman–Crippen MR) is 131 cm³/mol. The fraction of sp³-hybridized carbons (Fsp3) is 0.346. The van der Waals surface area contributed by atoms with E-state index in [0.29, 0.717) is 18.8 Å². The molecule has 1 aliphatic rings. The van der Waals surface area contributed by atoms with Crippen molar-refractivity contribution in [2.45, 2.75) is 58.0 Å². The molecule has 0 amide bonds. The summed E-state index contributed by atoms with van der Waals surface area (Å²) in [7, 11) is 0. The molecule has 8 heteroatoms. The third kappa shape index (κ3) is 4.48. The van der Waals surface area contributed by atoms with Crippen molar-refractivity contribution in [1.82, 2.24) is 35.0 Å². The summed E-state index contributed by atoms with van der Waals surface area (Å²) in [6, 6.07) is 16.5. The standard InChI is InChI=1S/C26H29N7O/c1-2-3-13-24-29-33(21-9-5-4-6-10-21)26(34)32(24)18-19-14-16-20(17-15-19)22-11-7-8-12-23(22)25-27-30-31-28-25/h2-3,7-8,11-12,14-17,21H,4-6,9-10,13,18H2,1H3,(H,27,28,30,31)/b3-2+. The number of tetrazole rings is 1. The zero-order valence-corrected chi connectivity index (χ0v) is 19.4. The number of aromatic amines is 1. The number of benzene rings is 2. The third-order valence-electron chi connectivity index (χ3n) is 6.54. The maximum atomic E-state index is 13.3. The van der Waals surface area contributed by atoms with E-state index >= 15 is 0 Å². The van der Waals surface area contributed by atoms with E-state index in [-0.39, 0.29) is 11.7 Å². The molecule has 0 saturated heterocycles. The van der Waals surface area contributed by atoms with Gasteiger partial charge in [0.2, 0.25) is 5.82 Å². The first-order valence-electron chi connectivity index (χ1n) is 12.0. The van der Waals surface area contributed by atoms with Crippen LogP contribution in [0.3, 0.4) is 0 Å². The summed E-state index contributed by atoms with van der Waals surface area (Å²) < 4.78 is 3.57. The van der Waals surface area contributed by atoms with Crippen LogP contribution in [-0.2, 0) is 13.0 Å². The molecule has 0 atom stereocenters. The van der Waals surface area contributed by atoms with Crippen LogP contribution in [0.15, 0.2) is 65.5 Å². The Hall–Kier alpha value is -3.81. The second-order valence-electron chi connectivity index (χ2n) is 8.77. The van der Waals surface area contributed by atoms with Crippen LogP contribution in [0.25, 0.3) is 22.5 Å². The van der Waals surface area contributed by atoms with Crippen LogP contribution in [0.4, 0.5) is 0 Å². The number of nitrogens with one attached hydrogen (secondary N) is 1. The Bertz CT molecular complexity index is 1310. The van der Waals surface area contributed by atoms with Crippen LogP contribution in [0.5, 0.6) is 0 Å². The molecule has 0 bridgehead atoms. The summed E-state index contributed by atoms with van der Waals surface area (Å²) in [5.74, 6) is 1.38. The van der Waals surface area contributed by atoms with Gasteiger partial charge in [0.05, 0.1) is 12.6 Å². The Morgan fingerprint density at radius 3 is 2.50 bits per heavy atom. The number of allylic oxidation sites excluding steroid dienone is 2. The molecule has 2 heterocycles. The topological polar surface area (TPSA) is 94.3 Å². The normalized spacial score (nSPS) is 14.7. The van der Waals surface area contributed by atoms with Crippen molar-refractivity contribution in [3.05, 3.63) is 82.6 Å². The zero-order chi connectivity index (χ0) is 23.3. The van der Waals surface area contributed by atoms with Gasteiger partial charge in [-0.25, -0.2) is 9.48 Å². The van der Waals surface area contributed by atoms with Gasteiger partial charge in [-0.1, -0.05) is 79.9 Å². The van der Waals surface area contributed by atoms with Gasteiger partial charge in [0.15, 0.2) is 0 Å². The van der Waals surface area contributed by atoms with Crippen molar-refractivity contribution < 1.29 is 0 Å². The van der Waals surface area contributed by atoms with Crippen molar-refractivity contribution in [3.63, 3.8) is 0 Å². The molecule has 5 rings (SSSR count). The minimum absolute atomic E-state index is 0.00192. The fourth-order valence-electron chi connectivity index (χ4n) is 4.73. The first-order valence-corrected chi connectivity index (χ1v) is 12.0. The summed E-state index contributed by atoms with van der Waals surface area (Å²) in [6.45, 7) is 2.50. The van der Waals surface area contributed by atoms with E-state index in [9.17, 15) is 4.79 Å². The van der Waals surface area contributed by atoms with Crippen molar-refractivity contribution in [2.75, 3.05) is 0 Å². The number of nitrogens with zero attached hydrogens (tertiary/aromatic N) is 6. The second-order valence-corrected chi connectivity index (χ2v) is 8.77. The molecule has 4 aromatic rings. The Kier molecular flexibility index (Phi) is 6.46. The lowest BCUT2D eigenvalue weighted by Crippen LogP contribution is -2.29. The van der Waals surface area contributed by atoms with Gasteiger partial charge in [0.1, 0.15) is 5.82 Å². The van der Waals surface area contributed by atoms with Gasteiger partial charge in [-0.05, 0) is 41.7 Å². The molecule has 8 nitrogen and oxygen atoms in total. The van der Waals surface area contributed by atoms with E-state index < -0.39 is 0 Å². The average molecular weight is 456 g/mol. The maximum Gasteiger partial charge on any atom is 0.346 e. The number of H-pyrrole nitrogens is 1. The van der Waals surface area contributed by atoms with Crippen molar-refractivity contribution in [2.24, 2.45) is 0 Å². The van der Waals surface area contributed by atoms with E-state index in [2.05, 4.69) is 57.0 Å². The Morgan fingerprint density at radius 1 is 1.03 bits per heavy atom. The second kappa shape index (κ2) is 9.99. The van der Waals surface area contributed by atoms with Crippen LogP contribution >= 0.6 is 0 Å². The smallest absolute Gasteiger partial charge is 0.274 e. The molecule has 0 spiro atoms. The number of hydrogen-bond acceptors (Lipinski definition) is 5. The molecule has 0 aliphatic heterocycles. The molecule has 1 saturated carbocycles. The molecule has 1 N–H and O–H groups in total. The van der Waals surface area contributed by atoms with Gasteiger partial charge >= 0.3 is 5.69 Å². The summed E-state index contributed by atoms with van der Waals surface area (Å²) >= 11 is 0. The molecule has 1 aliphatic carbocycles. The quantitative estimate of drug-likeness (QED) is 0.412. The lowest BCUT2D eigenvalue weighted by Gasteiger charge is -2.20. The van der Waals surface area contributed by atoms with Crippen LogP contribution < -0.4 is 5.69 Å². The molecule has 0 radical (unpaired) electrons. The van der Waals surface area contributed by atoms with Gasteiger partial charge in [-0.15, -0.1) is 10.2 Å². The highest BCUT2D eigenvalue weighted by atomic mass is 16.2. The van der Waals surface area contributed by atoms with Crippen LogP contribution in [0.1, 0.15) is 56.5 Å². The maximum absolute atomic E-state index is 13.3. The number of hydrogen-bond donors (Lipinski definition) is 1. The number of rotatable bonds is 7. The van der Waals surface area contributed by atoms with E-state index in [1.165, 1.54) is 19.3 Å². The van der Waals surface area contributed by atoms with Crippen molar-refractivity contribution >= 4 is 0 Å². The molecule has 34 heavy (non-hydrogen) atoms. The molecule has 0 unspecified atom stereocenters. The Balaban J connectivity index is 1.43. The Labute approximate surface area is 198 Å². The monoisotopic (exact) mass is 455 g/mol. The van der Waals surface area contributed by atoms with Crippen molar-refractivity contribution in [1.29, 1.82) is 0 Å². The van der Waals surface area contributed by atoms with Crippen molar-refractivity contribution in [3.8, 4) is 22.5 Å². The fourth-order valence-corrected chi connectivity index (χ4v) is 4.73. The van der Waals surface area contributed by atoms with Gasteiger partial charge in [0.25, 0.3) is 0 Å². The minimum Gasteiger partial charge on any atom is -0.274 e. The van der Waals surface area contributed by atoms with Gasteiger partial charge < -0.3 is 0 Å². The first-order chi connectivity index (χ1) is 16.7. The SMILES string of the molecule is C/C=C/Cc1nn(C2CCCCC2)c(=O)n1Cc1ccc(-c2ccccc2-c2nn[nH]n2)cc1. The first kappa shape index (κ1) is 22.0. The predicted octanol–water partition coefficient (Wildman–Crippen LogP) is 4.56. The van der Waals surface area contributed by atoms with Crippen LogP contribution in [-0.4, -0.2) is 35.0 Å². The highest BCUT2D eigenvalue weighted by Gasteiger charge is 2.22. The minimum atomic E-state index is -0.00192. The van der Waals surface area contributed by atoms with E-state index in [0.717, 1.165) is 40.9 Å². The van der Waals surface area contributed by atoms with E-state index in [1.807, 2.05) is 35.8 Å². The summed E-state index contributed by atoms with van der Waals surface area (Å²) in [4.78, 5) is 13.3. The van der Waals surface area contributed by atoms with Crippen LogP contribution in [0.2, 0.25) is 0 Å². The van der Waals surface area contributed by atoms with E-state index in [1.54, 1.807) is 4.68 Å². The van der Waals surface area contributed by atoms with E-state index in [4.69, 9.17) is 5.10 Å². The van der Waals surface area contributed by atoms with Gasteiger partial charge in [-0.2, -0.15) is 10.3 Å². The summed E-state index contributed by atoms with van der Waals surface area (Å²) in [5, 5.41) is 19.2. The summed E-state index contributed by atoms with van der Waals surface area (Å²) in [5.41, 5.74) is 4.07. The highest BCUT2D eigenvalue weighted by molar-refractivity contribution is 5.80. The third-order valence-corrected chi connectivity index (χ3v) is 6.54. The largest absolute Gasteiger partial charge is 0.346 e. The van der Waals surface area contributed by atoms with Crippen LogP contribution in [0, 0.1) is 0 Å². The summed E-state index contributed by atoms with van der Waals surface area (Å²) in [6.07, 6.45) is 10.4. The molecular weight excluding hydrogens is 426 g/mol. The average Bonchev–Trinajstić information content (AvgIpc) is 3.53. The molecule has 174 valence electrons. The van der Waals surface area contributed by atoms with Gasteiger partial charge in [-0.3, -0.25) is 4.57 Å².